The van der Waals surface area contributed by atoms with Crippen LogP contribution in [-0.4, -0.2) is 17.2 Å². The topological polar surface area (TPSA) is 9.86 Å². The van der Waals surface area contributed by atoms with Crippen LogP contribution in [0.2, 0.25) is 0 Å². The van der Waals surface area contributed by atoms with E-state index in [1.54, 1.807) is 4.57 Å². The van der Waals surface area contributed by atoms with Gasteiger partial charge in [-0.15, -0.1) is 11.3 Å². The molecule has 0 aliphatic carbocycles. The average molecular weight is 858 g/mol. The molecule has 0 amide bonds. The van der Waals surface area contributed by atoms with Gasteiger partial charge in [-0.25, -0.2) is 0 Å². The van der Waals surface area contributed by atoms with Crippen molar-refractivity contribution >= 4 is 104 Å². The van der Waals surface area contributed by atoms with Gasteiger partial charge in [0.1, 0.15) is 0 Å². The molecule has 3 aromatic heterocycles. The molecule has 0 spiro atoms. The molecule has 0 aliphatic rings. The van der Waals surface area contributed by atoms with Gasteiger partial charge in [-0.1, -0.05) is 200 Å². The third-order valence-electron chi connectivity index (χ3n) is 12.8. The molecule has 10 aromatic carbocycles. The second kappa shape index (κ2) is 14.7. The lowest BCUT2D eigenvalue weighted by molar-refractivity contribution is 1.18. The summed E-state index contributed by atoms with van der Waals surface area (Å²) in [6.45, 7) is 0. The fourth-order valence-electron chi connectivity index (χ4n) is 10.1. The first-order chi connectivity index (χ1) is 35.5. The molecule has 0 aliphatic heterocycles. The Bertz CT molecular complexity index is 4330. The molecule has 13 rings (SSSR count). The van der Waals surface area contributed by atoms with E-state index in [0.29, 0.717) is 31.7 Å². The minimum Gasteiger partial charge on any atom is -0.309 e. The Hall–Kier alpha value is -7.76. The first kappa shape index (κ1) is 28.8. The summed E-state index contributed by atoms with van der Waals surface area (Å²) in [6, 6.07) is 61.7. The lowest BCUT2D eigenvalue weighted by Crippen LogP contribution is -2.74. The van der Waals surface area contributed by atoms with Crippen LogP contribution in [0.15, 0.2) is 242 Å². The van der Waals surface area contributed by atoms with Gasteiger partial charge in [-0.3, -0.25) is 0 Å². The molecule has 0 fully saturated rings. The van der Waals surface area contributed by atoms with E-state index in [4.69, 9.17) is 5.48 Å². The van der Waals surface area contributed by atoms with Crippen LogP contribution in [-0.2, 0) is 0 Å². The van der Waals surface area contributed by atoms with Crippen molar-refractivity contribution in [2.24, 2.45) is 0 Å². The highest BCUT2D eigenvalue weighted by atomic mass is 32.1. The average Bonchev–Trinajstić information content (AvgIpc) is 4.12. The summed E-state index contributed by atoms with van der Waals surface area (Å²) in [6.07, 6.45) is 0. The summed E-state index contributed by atoms with van der Waals surface area (Å²) in [7, 11) is -3.15. The Morgan fingerprint density at radius 2 is 0.953 bits per heavy atom. The zero-order valence-corrected chi connectivity index (χ0v) is 36.0. The molecule has 0 bridgehead atoms. The smallest absolute Gasteiger partial charge is 0.179 e. The molecule has 2 nitrogen and oxygen atoms in total. The fraction of sp³-hybridized carbons (Fsp3) is 0. The molecule has 0 saturated carbocycles. The van der Waals surface area contributed by atoms with Gasteiger partial charge in [-0.2, -0.15) is 0 Å². The van der Waals surface area contributed by atoms with E-state index in [0.717, 1.165) is 38.1 Å². The Labute approximate surface area is 388 Å². The zero-order valence-electron chi connectivity index (χ0n) is 43.2. The molecule has 0 N–H and O–H groups in total. The number of benzene rings is 10. The van der Waals surface area contributed by atoms with Crippen molar-refractivity contribution < 1.29 is 12.3 Å². The summed E-state index contributed by atoms with van der Waals surface area (Å²) in [5.41, 5.74) is 5.29. The first-order valence-corrected chi connectivity index (χ1v) is 24.1. The molecule has 13 aromatic rings. The summed E-state index contributed by atoms with van der Waals surface area (Å²) >= 11 is 1.20. The van der Waals surface area contributed by atoms with Crippen LogP contribution in [0, 0.1) is 0 Å². The first-order valence-electron chi connectivity index (χ1n) is 25.8. The zero-order chi connectivity index (χ0) is 50.0. The molecular weight excluding hydrogens is 809 g/mol. The number of hydrogen-bond acceptors (Lipinski definition) is 1. The minimum absolute atomic E-state index is 0.000837. The second-order valence-electron chi connectivity index (χ2n) is 16.1. The number of aromatic nitrogens is 2. The molecule has 0 unspecified atom stereocenters. The van der Waals surface area contributed by atoms with Crippen molar-refractivity contribution in [1.29, 1.82) is 0 Å². The van der Waals surface area contributed by atoms with Crippen molar-refractivity contribution in [3.8, 4) is 22.5 Å². The Morgan fingerprint density at radius 3 is 1.64 bits per heavy atom. The van der Waals surface area contributed by atoms with Crippen LogP contribution >= 0.6 is 11.3 Å². The maximum Gasteiger partial charge on any atom is 0.179 e. The van der Waals surface area contributed by atoms with E-state index < -0.39 is 26.2 Å². The number of fused-ring (bicyclic) bond motifs is 10. The molecular formula is C60H40N2SSi. The molecule has 0 saturated heterocycles. The molecule has 300 valence electrons. The van der Waals surface area contributed by atoms with Gasteiger partial charge in [0.25, 0.3) is 0 Å². The van der Waals surface area contributed by atoms with E-state index in [2.05, 4.69) is 97.1 Å². The lowest BCUT2D eigenvalue weighted by atomic mass is 10.1. The van der Waals surface area contributed by atoms with Crippen LogP contribution in [0.1, 0.15) is 12.3 Å². The van der Waals surface area contributed by atoms with Gasteiger partial charge in [0.2, 0.25) is 0 Å². The number of para-hydroxylation sites is 3. The summed E-state index contributed by atoms with van der Waals surface area (Å²) in [4.78, 5) is 0. The van der Waals surface area contributed by atoms with Gasteiger partial charge < -0.3 is 9.13 Å². The molecule has 0 radical (unpaired) electrons. The highest BCUT2D eigenvalue weighted by Gasteiger charge is 2.41. The highest BCUT2D eigenvalue weighted by Crippen LogP contribution is 2.47. The van der Waals surface area contributed by atoms with Crippen molar-refractivity contribution in [3.63, 3.8) is 0 Å². The van der Waals surface area contributed by atoms with Crippen molar-refractivity contribution in [1.82, 2.24) is 9.13 Å². The SMILES string of the molecule is [2H]c1c([2H])c([2H])c2c(sc3c(-n4c5ccccc5c5ccccc54)c([2H])c4c5c([2H])c([2H])c([2H])c([2H])c5n(-c5ccc([Si](c6ccccc6)(c6ccccc6)c6cccc(-c7ccccc7)c6)cc5)c4c32)c1[2H]. The van der Waals surface area contributed by atoms with Gasteiger partial charge in [0.15, 0.2) is 8.07 Å². The predicted octanol–water partition coefficient (Wildman–Crippen LogP) is 13.3. The maximum absolute atomic E-state index is 10.5. The Kier molecular flexibility index (Phi) is 6.59. The standard InChI is InChI=1S/C60H40N2SSi/c1-4-19-41(20-5-1)42-21-18-26-47(39-42)64(44-22-6-2-7-23-44,45-24-8-3-9-25-45)46-37-35-43(36-38-46)61-53-31-14-12-29-50(53)52-40-56(60-58(59(52)61)51-30-13-17-34-57(51)63-60)62-54-32-15-10-27-48(54)49-28-11-16-33-55(49)62/h1-40H/i12D,13D,14D,17D,29D,30D,31D,34D,40D. The van der Waals surface area contributed by atoms with Gasteiger partial charge >= 0.3 is 0 Å². The summed E-state index contributed by atoms with van der Waals surface area (Å²) in [5, 5.41) is 7.54. The highest BCUT2D eigenvalue weighted by molar-refractivity contribution is 7.26. The largest absolute Gasteiger partial charge is 0.309 e. The number of nitrogens with zero attached hydrogens (tertiary/aromatic N) is 2. The number of thiophene rings is 1. The normalized spacial score (nSPS) is 14.0. The van der Waals surface area contributed by atoms with Crippen LogP contribution in [0.4, 0.5) is 0 Å². The summed E-state index contributed by atoms with van der Waals surface area (Å²) in [5.74, 6) is 0. The lowest BCUT2D eigenvalue weighted by Gasteiger charge is -2.35. The third-order valence-corrected chi connectivity index (χ3v) is 18.7. The van der Waals surface area contributed by atoms with Gasteiger partial charge in [0, 0.05) is 42.7 Å². The Morgan fingerprint density at radius 1 is 0.406 bits per heavy atom. The Balaban J connectivity index is 1.19. The van der Waals surface area contributed by atoms with E-state index in [-0.39, 0.29) is 57.9 Å². The van der Waals surface area contributed by atoms with Crippen LogP contribution < -0.4 is 20.7 Å². The quantitative estimate of drug-likeness (QED) is 0.112. The second-order valence-corrected chi connectivity index (χ2v) is 20.9. The third kappa shape index (κ3) is 5.43. The van der Waals surface area contributed by atoms with Gasteiger partial charge in [-0.05, 0) is 74.3 Å². The van der Waals surface area contributed by atoms with Crippen molar-refractivity contribution in [2.45, 2.75) is 0 Å². The van der Waals surface area contributed by atoms with Crippen LogP contribution in [0.25, 0.3) is 86.3 Å². The molecule has 4 heteroatoms. The van der Waals surface area contributed by atoms with Gasteiger partial charge in [0.05, 0.1) is 44.8 Å². The van der Waals surface area contributed by atoms with E-state index in [1.807, 2.05) is 95.6 Å². The maximum atomic E-state index is 10.5. The molecule has 0 atom stereocenters. The van der Waals surface area contributed by atoms with Crippen LogP contribution in [0.3, 0.4) is 0 Å². The van der Waals surface area contributed by atoms with E-state index >= 15 is 0 Å². The summed E-state index contributed by atoms with van der Waals surface area (Å²) < 4.78 is 89.3. The number of hydrogen-bond donors (Lipinski definition) is 0. The van der Waals surface area contributed by atoms with E-state index in [9.17, 15) is 6.85 Å². The monoisotopic (exact) mass is 857 g/mol. The van der Waals surface area contributed by atoms with Crippen molar-refractivity contribution in [2.75, 3.05) is 0 Å². The fourth-order valence-corrected chi connectivity index (χ4v) is 16.0. The molecule has 3 heterocycles. The number of rotatable bonds is 7. The molecule has 64 heavy (non-hydrogen) atoms. The predicted molar refractivity (Wildman–Crippen MR) is 277 cm³/mol. The van der Waals surface area contributed by atoms with E-state index in [1.165, 1.54) is 26.9 Å². The van der Waals surface area contributed by atoms with Crippen LogP contribution in [0.5, 0.6) is 0 Å². The minimum atomic E-state index is -3.15. The van der Waals surface area contributed by atoms with Crippen molar-refractivity contribution in [3.05, 3.63) is 242 Å².